The summed E-state index contributed by atoms with van der Waals surface area (Å²) in [6, 6.07) is 16.8. The lowest BCUT2D eigenvalue weighted by atomic mass is 9.93. The maximum atomic E-state index is 13.1. The molecule has 1 saturated carbocycles. The fourth-order valence-electron chi connectivity index (χ4n) is 3.86. The first-order valence-corrected chi connectivity index (χ1v) is 10.3. The molecule has 6 nitrogen and oxygen atoms in total. The number of benzene rings is 2. The second-order valence-electron chi connectivity index (χ2n) is 7.76. The number of anilines is 1. The summed E-state index contributed by atoms with van der Waals surface area (Å²) in [5.41, 5.74) is 2.27. The van der Waals surface area contributed by atoms with E-state index in [4.69, 9.17) is 21.6 Å². The summed E-state index contributed by atoms with van der Waals surface area (Å²) in [4.78, 5) is 21.6. The highest BCUT2D eigenvalue weighted by molar-refractivity contribution is 6.31. The minimum atomic E-state index is -0.445. The van der Waals surface area contributed by atoms with Crippen molar-refractivity contribution in [3.8, 4) is 11.8 Å². The average molecular weight is 433 g/mol. The summed E-state index contributed by atoms with van der Waals surface area (Å²) in [6.07, 6.45) is 2.32. The molecule has 0 radical (unpaired) electrons. The van der Waals surface area contributed by atoms with Crippen molar-refractivity contribution in [2.24, 2.45) is 5.92 Å². The molecule has 1 aromatic heterocycles. The van der Waals surface area contributed by atoms with Crippen LogP contribution in [0, 0.1) is 31.1 Å². The topological polar surface area (TPSA) is 87.9 Å². The number of rotatable bonds is 6. The molecule has 1 aliphatic carbocycles. The third-order valence-electron chi connectivity index (χ3n) is 5.57. The molecule has 0 bridgehead atoms. The van der Waals surface area contributed by atoms with E-state index in [0.717, 1.165) is 11.3 Å². The van der Waals surface area contributed by atoms with Gasteiger partial charge in [-0.3, -0.25) is 4.79 Å². The third-order valence-corrected chi connectivity index (χ3v) is 5.79. The second-order valence-corrected chi connectivity index (χ2v) is 8.20. The minimum Gasteiger partial charge on any atom is -0.489 e. The molecule has 0 spiro atoms. The molecule has 0 saturated heterocycles. The predicted molar refractivity (Wildman–Crippen MR) is 118 cm³/mol. The van der Waals surface area contributed by atoms with Crippen molar-refractivity contribution in [1.29, 1.82) is 5.26 Å². The van der Waals surface area contributed by atoms with Crippen LogP contribution in [-0.2, 0) is 10.2 Å². The van der Waals surface area contributed by atoms with E-state index < -0.39 is 5.41 Å². The van der Waals surface area contributed by atoms with Gasteiger partial charge < -0.3 is 10.1 Å². The van der Waals surface area contributed by atoms with Gasteiger partial charge in [-0.15, -0.1) is 0 Å². The Morgan fingerprint density at radius 1 is 1.29 bits per heavy atom. The summed E-state index contributed by atoms with van der Waals surface area (Å²) >= 11 is 6.07. The molecule has 1 aliphatic rings. The van der Waals surface area contributed by atoms with Gasteiger partial charge in [-0.25, -0.2) is 9.97 Å². The largest absolute Gasteiger partial charge is 0.489 e. The Labute approximate surface area is 185 Å². The average Bonchev–Trinajstić information content (AvgIpc) is 3.49. The Morgan fingerprint density at radius 3 is 2.77 bits per heavy atom. The lowest BCUT2D eigenvalue weighted by molar-refractivity contribution is -0.117. The molecule has 0 aliphatic heterocycles. The van der Waals surface area contributed by atoms with Crippen molar-refractivity contribution in [3.63, 3.8) is 0 Å². The summed E-state index contributed by atoms with van der Waals surface area (Å²) < 4.78 is 6.09. The first-order valence-electron chi connectivity index (χ1n) is 9.91. The highest BCUT2D eigenvalue weighted by atomic mass is 35.5. The summed E-state index contributed by atoms with van der Waals surface area (Å²) in [5.74, 6) is 0.895. The molecule has 4 rings (SSSR count). The lowest BCUT2D eigenvalue weighted by Gasteiger charge is -2.19. The maximum Gasteiger partial charge on any atom is 0.228 e. The van der Waals surface area contributed by atoms with Crippen molar-refractivity contribution < 1.29 is 9.53 Å². The van der Waals surface area contributed by atoms with E-state index in [2.05, 4.69) is 15.3 Å². The van der Waals surface area contributed by atoms with E-state index in [-0.39, 0.29) is 11.8 Å². The number of amides is 1. The molecule has 0 unspecified atom stereocenters. The third kappa shape index (κ3) is 4.37. The van der Waals surface area contributed by atoms with Gasteiger partial charge in [0.05, 0.1) is 36.0 Å². The summed E-state index contributed by atoms with van der Waals surface area (Å²) in [7, 11) is 0. The van der Waals surface area contributed by atoms with Crippen LogP contribution in [0.2, 0.25) is 5.02 Å². The van der Waals surface area contributed by atoms with E-state index in [9.17, 15) is 4.79 Å². The molecular weight excluding hydrogens is 412 g/mol. The summed E-state index contributed by atoms with van der Waals surface area (Å²) in [6.45, 7) is 4.04. The Morgan fingerprint density at radius 2 is 2.06 bits per heavy atom. The Kier molecular flexibility index (Phi) is 5.62. The van der Waals surface area contributed by atoms with Gasteiger partial charge in [0.25, 0.3) is 0 Å². The minimum absolute atomic E-state index is 0.129. The molecule has 3 aromatic rings. The van der Waals surface area contributed by atoms with Crippen LogP contribution in [0.3, 0.4) is 0 Å². The molecule has 31 heavy (non-hydrogen) atoms. The number of aryl methyl sites for hydroxylation is 2. The van der Waals surface area contributed by atoms with Crippen LogP contribution in [0.15, 0.2) is 54.7 Å². The number of carbonyl (C=O) groups is 1. The van der Waals surface area contributed by atoms with Gasteiger partial charge in [-0.2, -0.15) is 5.26 Å². The zero-order valence-corrected chi connectivity index (χ0v) is 18.0. The van der Waals surface area contributed by atoms with Gasteiger partial charge in [-0.1, -0.05) is 41.9 Å². The van der Waals surface area contributed by atoms with Crippen LogP contribution < -0.4 is 10.1 Å². The van der Waals surface area contributed by atoms with E-state index in [1.54, 1.807) is 24.4 Å². The molecule has 7 heteroatoms. The highest BCUT2D eigenvalue weighted by Crippen LogP contribution is 2.55. The van der Waals surface area contributed by atoms with E-state index in [0.29, 0.717) is 40.9 Å². The van der Waals surface area contributed by atoms with Crippen molar-refractivity contribution in [3.05, 3.63) is 82.4 Å². The number of halogens is 1. The Bertz CT molecular complexity index is 1180. The molecule has 156 valence electrons. The van der Waals surface area contributed by atoms with Gasteiger partial charge in [0.2, 0.25) is 5.91 Å². The SMILES string of the molecule is Cc1ncc(OC[C@@]2(c3ccccc3)C[C@H]2C(=O)Nc2cc(Cl)cc(C#N)c2)c(C)n1. The zero-order valence-electron chi connectivity index (χ0n) is 17.2. The van der Waals surface area contributed by atoms with E-state index >= 15 is 0 Å². The fraction of sp³-hybridized carbons (Fsp3) is 0.250. The second kappa shape index (κ2) is 8.37. The first kappa shape index (κ1) is 20.8. The van der Waals surface area contributed by atoms with Gasteiger partial charge in [0.15, 0.2) is 5.75 Å². The van der Waals surface area contributed by atoms with E-state index in [1.807, 2.05) is 50.2 Å². The van der Waals surface area contributed by atoms with Crippen molar-refractivity contribution in [2.75, 3.05) is 11.9 Å². The summed E-state index contributed by atoms with van der Waals surface area (Å²) in [5, 5.41) is 12.5. The quantitative estimate of drug-likeness (QED) is 0.615. The lowest BCUT2D eigenvalue weighted by Crippen LogP contribution is -2.26. The molecule has 1 heterocycles. The highest BCUT2D eigenvalue weighted by Gasteiger charge is 2.60. The number of nitriles is 1. The van der Waals surface area contributed by atoms with Crippen LogP contribution in [0.25, 0.3) is 0 Å². The number of carbonyl (C=O) groups excluding carboxylic acids is 1. The smallest absolute Gasteiger partial charge is 0.228 e. The molecule has 1 amide bonds. The van der Waals surface area contributed by atoms with Gasteiger partial charge in [0, 0.05) is 16.1 Å². The van der Waals surface area contributed by atoms with Gasteiger partial charge in [-0.05, 0) is 44.0 Å². The van der Waals surface area contributed by atoms with Crippen LogP contribution in [0.1, 0.15) is 29.1 Å². The van der Waals surface area contributed by atoms with Gasteiger partial charge >= 0.3 is 0 Å². The van der Waals surface area contributed by atoms with Crippen LogP contribution in [0.5, 0.6) is 5.75 Å². The molecule has 2 atom stereocenters. The maximum absolute atomic E-state index is 13.1. The zero-order chi connectivity index (χ0) is 22.0. The molecule has 1 N–H and O–H groups in total. The van der Waals surface area contributed by atoms with E-state index in [1.165, 1.54) is 0 Å². The molecule has 2 aromatic carbocycles. The number of hydrogen-bond acceptors (Lipinski definition) is 5. The number of hydrogen-bond donors (Lipinski definition) is 1. The molecule has 1 fully saturated rings. The standard InChI is InChI=1S/C24H21ClN4O2/c1-15-22(13-27-16(2)28-15)31-14-24(18-6-4-3-5-7-18)11-21(24)23(30)29-20-9-17(12-26)8-19(25)10-20/h3-10,13,21H,11,14H2,1-2H3,(H,29,30)/t21-,24+/m0/s1. The monoisotopic (exact) mass is 432 g/mol. The number of nitrogens with zero attached hydrogens (tertiary/aromatic N) is 3. The van der Waals surface area contributed by atoms with Crippen LogP contribution in [0.4, 0.5) is 5.69 Å². The van der Waals surface area contributed by atoms with Crippen LogP contribution >= 0.6 is 11.6 Å². The first-order chi connectivity index (χ1) is 14.9. The fourth-order valence-corrected chi connectivity index (χ4v) is 4.09. The number of nitrogens with one attached hydrogen (secondary N) is 1. The number of ether oxygens (including phenoxy) is 1. The van der Waals surface area contributed by atoms with Crippen LogP contribution in [-0.4, -0.2) is 22.5 Å². The molecular formula is C24H21ClN4O2. The van der Waals surface area contributed by atoms with Crippen molar-refractivity contribution >= 4 is 23.2 Å². The predicted octanol–water partition coefficient (Wildman–Crippen LogP) is 4.59. The Balaban J connectivity index is 1.55. The Hall–Kier alpha value is -3.43. The van der Waals surface area contributed by atoms with Gasteiger partial charge in [0.1, 0.15) is 5.82 Å². The normalized spacial score (nSPS) is 19.4. The van der Waals surface area contributed by atoms with Crippen molar-refractivity contribution in [2.45, 2.75) is 25.7 Å². The van der Waals surface area contributed by atoms with Crippen molar-refractivity contribution in [1.82, 2.24) is 9.97 Å². The number of aromatic nitrogens is 2.